The second-order valence-electron chi connectivity index (χ2n) is 3.25. The van der Waals surface area contributed by atoms with Gasteiger partial charge in [-0.2, -0.15) is 0 Å². The monoisotopic (exact) mass is 238 g/mol. The van der Waals surface area contributed by atoms with Crippen molar-refractivity contribution >= 4 is 15.7 Å². The Morgan fingerprint density at radius 1 is 1.40 bits per heavy atom. The fourth-order valence-corrected chi connectivity index (χ4v) is 1.57. The molecule has 90 valence electrons. The Bertz CT molecular complexity index is 276. The zero-order valence-electron chi connectivity index (χ0n) is 8.86. The van der Waals surface area contributed by atoms with E-state index in [4.69, 9.17) is 10.5 Å². The van der Waals surface area contributed by atoms with Crippen molar-refractivity contribution < 1.29 is 17.9 Å². The summed E-state index contributed by atoms with van der Waals surface area (Å²) in [7, 11) is -2.87. The molecular formula is C8H18N2O4S. The molecule has 0 aromatic heterocycles. The number of hydrogen-bond acceptors (Lipinski definition) is 5. The minimum absolute atomic E-state index is 0.0784. The number of sulfone groups is 1. The number of amides is 1. The first kappa shape index (κ1) is 14.3. The predicted molar refractivity (Wildman–Crippen MR) is 57.2 cm³/mol. The van der Waals surface area contributed by atoms with Crippen molar-refractivity contribution in [3.05, 3.63) is 0 Å². The van der Waals surface area contributed by atoms with E-state index in [1.165, 1.54) is 6.26 Å². The van der Waals surface area contributed by atoms with Crippen LogP contribution < -0.4 is 11.1 Å². The van der Waals surface area contributed by atoms with Gasteiger partial charge in [-0.25, -0.2) is 8.42 Å². The van der Waals surface area contributed by atoms with E-state index in [0.29, 0.717) is 26.1 Å². The van der Waals surface area contributed by atoms with Gasteiger partial charge >= 0.3 is 0 Å². The summed E-state index contributed by atoms with van der Waals surface area (Å²) in [6.45, 7) is 1.51. The van der Waals surface area contributed by atoms with Gasteiger partial charge in [0.2, 0.25) is 5.91 Å². The Kier molecular flexibility index (Phi) is 7.27. The van der Waals surface area contributed by atoms with Crippen molar-refractivity contribution in [1.29, 1.82) is 0 Å². The van der Waals surface area contributed by atoms with E-state index < -0.39 is 15.7 Å². The number of hydrogen-bond donors (Lipinski definition) is 2. The van der Waals surface area contributed by atoms with Gasteiger partial charge in [-0.1, -0.05) is 0 Å². The molecule has 0 saturated carbocycles. The van der Waals surface area contributed by atoms with E-state index in [0.717, 1.165) is 0 Å². The van der Waals surface area contributed by atoms with Gasteiger partial charge in [0.1, 0.15) is 16.4 Å². The van der Waals surface area contributed by atoms with Crippen LogP contribution in [0.2, 0.25) is 0 Å². The molecule has 0 spiro atoms. The first-order chi connectivity index (χ1) is 6.92. The maximum atomic E-state index is 10.7. The molecule has 7 heteroatoms. The zero-order valence-corrected chi connectivity index (χ0v) is 9.68. The van der Waals surface area contributed by atoms with Crippen LogP contribution >= 0.6 is 0 Å². The number of carbonyl (C=O) groups is 1. The third kappa shape index (κ3) is 13.3. The highest BCUT2D eigenvalue weighted by Crippen LogP contribution is 1.86. The van der Waals surface area contributed by atoms with Crippen LogP contribution in [-0.2, 0) is 19.4 Å². The van der Waals surface area contributed by atoms with Gasteiger partial charge in [0.25, 0.3) is 0 Å². The molecule has 3 N–H and O–H groups in total. The first-order valence-electron chi connectivity index (χ1n) is 4.66. The Balaban J connectivity index is 3.16. The average Bonchev–Trinajstić information content (AvgIpc) is 2.07. The van der Waals surface area contributed by atoms with Crippen LogP contribution in [-0.4, -0.2) is 52.6 Å². The summed E-state index contributed by atoms with van der Waals surface area (Å²) < 4.78 is 26.4. The van der Waals surface area contributed by atoms with E-state index in [1.807, 2.05) is 0 Å². The third-order valence-electron chi connectivity index (χ3n) is 1.54. The van der Waals surface area contributed by atoms with Crippen molar-refractivity contribution in [1.82, 2.24) is 5.32 Å². The van der Waals surface area contributed by atoms with E-state index in [2.05, 4.69) is 5.32 Å². The second-order valence-corrected chi connectivity index (χ2v) is 5.51. The summed E-state index contributed by atoms with van der Waals surface area (Å²) in [6.07, 6.45) is 1.79. The molecule has 0 aliphatic rings. The van der Waals surface area contributed by atoms with Crippen molar-refractivity contribution in [2.24, 2.45) is 5.73 Å². The molecule has 0 fully saturated rings. The van der Waals surface area contributed by atoms with Crippen LogP contribution in [0.5, 0.6) is 0 Å². The van der Waals surface area contributed by atoms with Gasteiger partial charge in [0.05, 0.1) is 12.4 Å². The smallest absolute Gasteiger partial charge is 0.243 e. The van der Waals surface area contributed by atoms with E-state index >= 15 is 0 Å². The molecule has 15 heavy (non-hydrogen) atoms. The Morgan fingerprint density at radius 2 is 2.07 bits per heavy atom. The van der Waals surface area contributed by atoms with Gasteiger partial charge in [-0.05, 0) is 13.0 Å². The molecule has 0 aromatic carbocycles. The van der Waals surface area contributed by atoms with Crippen molar-refractivity contribution in [3.8, 4) is 0 Å². The Labute approximate surface area is 90.1 Å². The average molecular weight is 238 g/mol. The van der Waals surface area contributed by atoms with Crippen LogP contribution in [0.25, 0.3) is 0 Å². The highest BCUT2D eigenvalue weighted by Gasteiger charge is 2.00. The molecule has 0 bridgehead atoms. The highest BCUT2D eigenvalue weighted by molar-refractivity contribution is 7.90. The number of primary amides is 1. The lowest BCUT2D eigenvalue weighted by atomic mass is 10.5. The van der Waals surface area contributed by atoms with Gasteiger partial charge in [-0.15, -0.1) is 0 Å². The number of ether oxygens (including phenoxy) is 1. The van der Waals surface area contributed by atoms with E-state index in [1.54, 1.807) is 0 Å². The van der Waals surface area contributed by atoms with Crippen LogP contribution in [0.1, 0.15) is 6.42 Å². The van der Waals surface area contributed by atoms with Crippen molar-refractivity contribution in [2.45, 2.75) is 6.42 Å². The molecule has 0 aromatic rings. The normalized spacial score (nSPS) is 11.5. The molecular weight excluding hydrogens is 220 g/mol. The fourth-order valence-electron chi connectivity index (χ4n) is 0.901. The summed E-state index contributed by atoms with van der Waals surface area (Å²) in [4.78, 5) is 10.3. The van der Waals surface area contributed by atoms with Gasteiger partial charge in [0, 0.05) is 12.8 Å². The van der Waals surface area contributed by atoms with Crippen LogP contribution in [0.4, 0.5) is 0 Å². The lowest BCUT2D eigenvalue weighted by Crippen LogP contribution is -2.25. The molecule has 0 saturated heterocycles. The Hall–Kier alpha value is -0.660. The zero-order chi connectivity index (χ0) is 11.7. The Morgan fingerprint density at radius 3 is 2.60 bits per heavy atom. The molecule has 0 atom stereocenters. The minimum atomic E-state index is -2.87. The molecule has 0 aliphatic heterocycles. The molecule has 0 aliphatic carbocycles. The summed E-state index contributed by atoms with van der Waals surface area (Å²) in [5.74, 6) is -0.311. The van der Waals surface area contributed by atoms with Crippen LogP contribution in [0.15, 0.2) is 0 Å². The second kappa shape index (κ2) is 7.61. The van der Waals surface area contributed by atoms with Gasteiger partial charge in [0.15, 0.2) is 0 Å². The fraction of sp³-hybridized carbons (Fsp3) is 0.875. The number of nitrogens with two attached hydrogens (primary N) is 1. The topological polar surface area (TPSA) is 98.5 Å². The lowest BCUT2D eigenvalue weighted by molar-refractivity contribution is -0.122. The summed E-state index contributed by atoms with van der Waals surface area (Å²) in [5, 5.41) is 2.99. The SMILES string of the molecule is CS(=O)(=O)CCCNCCOCC(N)=O. The quantitative estimate of drug-likeness (QED) is 0.477. The molecule has 0 unspecified atom stereocenters. The first-order valence-corrected chi connectivity index (χ1v) is 6.72. The van der Waals surface area contributed by atoms with Crippen LogP contribution in [0.3, 0.4) is 0 Å². The van der Waals surface area contributed by atoms with E-state index in [-0.39, 0.29) is 12.4 Å². The standard InChI is InChI=1S/C8H18N2O4S/c1-15(12,13)6-2-3-10-4-5-14-7-8(9)11/h10H,2-7H2,1H3,(H2,9,11). The minimum Gasteiger partial charge on any atom is -0.370 e. The molecule has 0 rings (SSSR count). The highest BCUT2D eigenvalue weighted by atomic mass is 32.2. The van der Waals surface area contributed by atoms with Gasteiger partial charge in [-0.3, -0.25) is 4.79 Å². The number of rotatable bonds is 9. The van der Waals surface area contributed by atoms with Gasteiger partial charge < -0.3 is 15.8 Å². The summed E-state index contributed by atoms with van der Waals surface area (Å²) >= 11 is 0. The van der Waals surface area contributed by atoms with Crippen LogP contribution in [0, 0.1) is 0 Å². The predicted octanol–water partition coefficient (Wildman–Crippen LogP) is -1.49. The number of nitrogens with one attached hydrogen (secondary N) is 1. The summed E-state index contributed by atoms with van der Waals surface area (Å²) in [5.41, 5.74) is 4.85. The maximum absolute atomic E-state index is 10.7. The maximum Gasteiger partial charge on any atom is 0.243 e. The number of carbonyl (C=O) groups excluding carboxylic acids is 1. The largest absolute Gasteiger partial charge is 0.370 e. The van der Waals surface area contributed by atoms with Crippen molar-refractivity contribution in [3.63, 3.8) is 0 Å². The summed E-state index contributed by atoms with van der Waals surface area (Å²) in [6, 6.07) is 0. The molecule has 6 nitrogen and oxygen atoms in total. The molecule has 1 amide bonds. The third-order valence-corrected chi connectivity index (χ3v) is 2.57. The molecule has 0 radical (unpaired) electrons. The van der Waals surface area contributed by atoms with Crippen molar-refractivity contribution in [2.75, 3.05) is 38.3 Å². The van der Waals surface area contributed by atoms with E-state index in [9.17, 15) is 13.2 Å². The molecule has 0 heterocycles. The lowest BCUT2D eigenvalue weighted by Gasteiger charge is -2.04.